The van der Waals surface area contributed by atoms with Gasteiger partial charge >= 0.3 is 0 Å². The van der Waals surface area contributed by atoms with E-state index >= 15 is 0 Å². The minimum atomic E-state index is -3.43. The lowest BCUT2D eigenvalue weighted by Gasteiger charge is -2.31. The third kappa shape index (κ3) is 3.33. The number of hydrogen-bond donors (Lipinski definition) is 2. The van der Waals surface area contributed by atoms with Crippen LogP contribution in [0.5, 0.6) is 0 Å². The number of sulfonamides is 1. The van der Waals surface area contributed by atoms with Crippen LogP contribution in [0.3, 0.4) is 0 Å². The highest BCUT2D eigenvalue weighted by Gasteiger charge is 2.33. The van der Waals surface area contributed by atoms with Crippen molar-refractivity contribution >= 4 is 22.4 Å². The molecule has 1 aliphatic rings. The Morgan fingerprint density at radius 1 is 1.45 bits per heavy atom. The van der Waals surface area contributed by atoms with E-state index in [9.17, 15) is 8.42 Å². The lowest BCUT2D eigenvalue weighted by molar-refractivity contribution is 0.258. The van der Waals surface area contributed by atoms with Crippen LogP contribution in [0.1, 0.15) is 30.7 Å². The van der Waals surface area contributed by atoms with Gasteiger partial charge in [-0.15, -0.1) is 12.4 Å². The first-order valence-electron chi connectivity index (χ1n) is 6.68. The summed E-state index contributed by atoms with van der Waals surface area (Å²) in [7, 11) is -3.43. The van der Waals surface area contributed by atoms with Gasteiger partial charge in [0.1, 0.15) is 4.90 Å². The third-order valence-electron chi connectivity index (χ3n) is 3.72. The van der Waals surface area contributed by atoms with E-state index in [1.54, 1.807) is 18.2 Å². The molecular formula is C12H23ClN4O2S. The van der Waals surface area contributed by atoms with Crippen LogP contribution in [0.25, 0.3) is 0 Å². The Hall–Kier alpha value is -0.630. The van der Waals surface area contributed by atoms with Gasteiger partial charge in [0.15, 0.2) is 0 Å². The van der Waals surface area contributed by atoms with Crippen molar-refractivity contribution in [3.8, 4) is 0 Å². The van der Waals surface area contributed by atoms with Crippen molar-refractivity contribution < 1.29 is 8.42 Å². The largest absolute Gasteiger partial charge is 0.330 e. The molecule has 1 unspecified atom stereocenters. The predicted molar refractivity (Wildman–Crippen MR) is 80.5 cm³/mol. The molecular weight excluding hydrogens is 300 g/mol. The quantitative estimate of drug-likeness (QED) is 0.871. The van der Waals surface area contributed by atoms with Gasteiger partial charge in [-0.05, 0) is 45.6 Å². The number of hydrogen-bond acceptors (Lipinski definition) is 4. The maximum Gasteiger partial charge on any atom is 0.246 e. The molecule has 1 atom stereocenters. The molecule has 0 radical (unpaired) electrons. The molecule has 0 spiro atoms. The number of halogens is 1. The monoisotopic (exact) mass is 322 g/mol. The summed E-state index contributed by atoms with van der Waals surface area (Å²) >= 11 is 0. The average molecular weight is 323 g/mol. The zero-order valence-electron chi connectivity index (χ0n) is 11.9. The van der Waals surface area contributed by atoms with Gasteiger partial charge in [-0.25, -0.2) is 8.42 Å². The van der Waals surface area contributed by atoms with Crippen LogP contribution in [0.4, 0.5) is 0 Å². The van der Waals surface area contributed by atoms with Gasteiger partial charge in [-0.2, -0.15) is 9.40 Å². The van der Waals surface area contributed by atoms with Crippen LogP contribution in [0.2, 0.25) is 0 Å². The topological polar surface area (TPSA) is 92.1 Å². The van der Waals surface area contributed by atoms with Crippen molar-refractivity contribution in [2.45, 2.75) is 38.0 Å². The first-order chi connectivity index (χ1) is 8.96. The first-order valence-corrected chi connectivity index (χ1v) is 8.12. The molecule has 0 aromatic carbocycles. The Labute approximate surface area is 126 Å². The molecule has 1 aliphatic heterocycles. The SMILES string of the molecule is Cc1n[nH]c(C)c1S(=O)(=O)N1CCCC(CCN)C1.Cl. The summed E-state index contributed by atoms with van der Waals surface area (Å²) in [5.74, 6) is 0.376. The molecule has 0 bridgehead atoms. The van der Waals surface area contributed by atoms with Crippen LogP contribution in [0.15, 0.2) is 4.90 Å². The minimum absolute atomic E-state index is 0. The Morgan fingerprint density at radius 2 is 2.15 bits per heavy atom. The number of aromatic amines is 1. The third-order valence-corrected chi connectivity index (χ3v) is 5.84. The molecule has 0 saturated carbocycles. The van der Waals surface area contributed by atoms with E-state index in [1.165, 1.54) is 0 Å². The molecule has 1 fully saturated rings. The summed E-state index contributed by atoms with van der Waals surface area (Å²) in [4.78, 5) is 0.334. The highest BCUT2D eigenvalue weighted by molar-refractivity contribution is 7.89. The fourth-order valence-corrected chi connectivity index (χ4v) is 4.65. The zero-order chi connectivity index (χ0) is 14.0. The molecule has 1 aromatic heterocycles. The minimum Gasteiger partial charge on any atom is -0.330 e. The molecule has 8 heteroatoms. The van der Waals surface area contributed by atoms with E-state index in [0.29, 0.717) is 41.8 Å². The Kier molecular flexibility index (Phi) is 6.00. The Balaban J connectivity index is 0.00000200. The van der Waals surface area contributed by atoms with Crippen molar-refractivity contribution in [3.05, 3.63) is 11.4 Å². The van der Waals surface area contributed by atoms with Crippen molar-refractivity contribution in [2.24, 2.45) is 11.7 Å². The number of rotatable bonds is 4. The van der Waals surface area contributed by atoms with E-state index in [0.717, 1.165) is 19.3 Å². The summed E-state index contributed by atoms with van der Waals surface area (Å²) in [6.07, 6.45) is 2.85. The number of H-pyrrole nitrogens is 1. The van der Waals surface area contributed by atoms with Crippen LogP contribution in [-0.4, -0.2) is 42.6 Å². The molecule has 0 aliphatic carbocycles. The predicted octanol–water partition coefficient (Wildman–Crippen LogP) is 1.20. The van der Waals surface area contributed by atoms with Gasteiger partial charge in [0, 0.05) is 13.1 Å². The van der Waals surface area contributed by atoms with Crippen molar-refractivity contribution in [1.29, 1.82) is 0 Å². The van der Waals surface area contributed by atoms with E-state index in [4.69, 9.17) is 5.73 Å². The van der Waals surface area contributed by atoms with Crippen molar-refractivity contribution in [2.75, 3.05) is 19.6 Å². The van der Waals surface area contributed by atoms with Crippen molar-refractivity contribution in [3.63, 3.8) is 0 Å². The number of nitrogens with two attached hydrogens (primary N) is 1. The van der Waals surface area contributed by atoms with Crippen LogP contribution < -0.4 is 5.73 Å². The van der Waals surface area contributed by atoms with E-state index < -0.39 is 10.0 Å². The van der Waals surface area contributed by atoms with Gasteiger partial charge in [0.2, 0.25) is 10.0 Å². The Morgan fingerprint density at radius 3 is 2.70 bits per heavy atom. The van der Waals surface area contributed by atoms with Gasteiger partial charge < -0.3 is 5.73 Å². The van der Waals surface area contributed by atoms with Crippen molar-refractivity contribution in [1.82, 2.24) is 14.5 Å². The normalized spacial score (nSPS) is 20.6. The number of piperidine rings is 1. The van der Waals surface area contributed by atoms with Gasteiger partial charge in [-0.3, -0.25) is 5.10 Å². The highest BCUT2D eigenvalue weighted by atomic mass is 35.5. The molecule has 2 heterocycles. The van der Waals surface area contributed by atoms with Gasteiger partial charge in [0.05, 0.1) is 11.4 Å². The molecule has 20 heavy (non-hydrogen) atoms. The molecule has 1 saturated heterocycles. The number of aryl methyl sites for hydroxylation is 2. The van der Waals surface area contributed by atoms with Gasteiger partial charge in [-0.1, -0.05) is 0 Å². The molecule has 1 aromatic rings. The molecule has 2 rings (SSSR count). The fourth-order valence-electron chi connectivity index (χ4n) is 2.77. The molecule has 3 N–H and O–H groups in total. The number of aromatic nitrogens is 2. The van der Waals surface area contributed by atoms with Crippen LogP contribution in [0, 0.1) is 19.8 Å². The highest BCUT2D eigenvalue weighted by Crippen LogP contribution is 2.27. The lowest BCUT2D eigenvalue weighted by atomic mass is 9.96. The second kappa shape index (κ2) is 6.89. The number of nitrogens with zero attached hydrogens (tertiary/aromatic N) is 2. The van der Waals surface area contributed by atoms with Crippen LogP contribution in [-0.2, 0) is 10.0 Å². The first kappa shape index (κ1) is 17.4. The summed E-state index contributed by atoms with van der Waals surface area (Å²) in [5.41, 5.74) is 6.72. The second-order valence-corrected chi connectivity index (χ2v) is 7.09. The van der Waals surface area contributed by atoms with E-state index in [-0.39, 0.29) is 12.4 Å². The zero-order valence-corrected chi connectivity index (χ0v) is 13.6. The Bertz CT molecular complexity index is 522. The average Bonchev–Trinajstić information content (AvgIpc) is 2.70. The summed E-state index contributed by atoms with van der Waals surface area (Å²) in [5, 5.41) is 6.72. The lowest BCUT2D eigenvalue weighted by Crippen LogP contribution is -2.40. The van der Waals surface area contributed by atoms with Crippen LogP contribution >= 0.6 is 12.4 Å². The standard InChI is InChI=1S/C12H22N4O2S.ClH/c1-9-12(10(2)15-14-9)19(17,18)16-7-3-4-11(8-16)5-6-13;/h11H,3-8,13H2,1-2H3,(H,14,15);1H. The molecule has 0 amide bonds. The molecule has 116 valence electrons. The smallest absolute Gasteiger partial charge is 0.246 e. The van der Waals surface area contributed by atoms with Gasteiger partial charge in [0.25, 0.3) is 0 Å². The second-order valence-electron chi connectivity index (χ2n) is 5.21. The maximum atomic E-state index is 12.7. The molecule has 6 nitrogen and oxygen atoms in total. The fraction of sp³-hybridized carbons (Fsp3) is 0.750. The maximum absolute atomic E-state index is 12.7. The summed E-state index contributed by atoms with van der Waals surface area (Å²) < 4.78 is 26.9. The van der Waals surface area contributed by atoms with E-state index in [1.807, 2.05) is 0 Å². The summed E-state index contributed by atoms with van der Waals surface area (Å²) in [6.45, 7) is 5.24. The summed E-state index contributed by atoms with van der Waals surface area (Å²) in [6, 6.07) is 0. The number of nitrogens with one attached hydrogen (secondary N) is 1. The van der Waals surface area contributed by atoms with E-state index in [2.05, 4.69) is 10.2 Å².